The summed E-state index contributed by atoms with van der Waals surface area (Å²) in [6, 6.07) is 4.16. The maximum Gasteiger partial charge on any atom is 0.267 e. The van der Waals surface area contributed by atoms with Crippen molar-refractivity contribution in [2.45, 2.75) is 19.4 Å². The summed E-state index contributed by atoms with van der Waals surface area (Å²) in [4.78, 5) is 31.7. The molecule has 0 spiro atoms. The number of aryl methyl sites for hydroxylation is 1. The summed E-state index contributed by atoms with van der Waals surface area (Å²) >= 11 is 12.2. The lowest BCUT2D eigenvalue weighted by Gasteiger charge is -2.15. The summed E-state index contributed by atoms with van der Waals surface area (Å²) in [5.74, 6) is -1.01. The number of amides is 2. The minimum atomic E-state index is -3.13. The SMILES string of the molecule is Cc1nn(C2CCS(=O)(=O)C2)c2ncc3c(c12)C(=O)N(c1ccc(Cl)cc1Cl)C3=O. The van der Waals surface area contributed by atoms with Gasteiger partial charge in [-0.3, -0.25) is 9.59 Å². The highest BCUT2D eigenvalue weighted by Crippen LogP contribution is 2.38. The molecule has 1 fully saturated rings. The first kappa shape index (κ1) is 19.5. The van der Waals surface area contributed by atoms with Crippen LogP contribution in [0.4, 0.5) is 5.69 Å². The number of nitrogens with zero attached hydrogens (tertiary/aromatic N) is 4. The number of hydrogen-bond acceptors (Lipinski definition) is 6. The van der Waals surface area contributed by atoms with Crippen LogP contribution in [0.15, 0.2) is 24.4 Å². The van der Waals surface area contributed by atoms with E-state index >= 15 is 0 Å². The van der Waals surface area contributed by atoms with Crippen molar-refractivity contribution in [1.82, 2.24) is 14.8 Å². The average molecular weight is 465 g/mol. The van der Waals surface area contributed by atoms with E-state index < -0.39 is 21.7 Å². The third-order valence-electron chi connectivity index (χ3n) is 5.45. The zero-order valence-corrected chi connectivity index (χ0v) is 17.9. The predicted molar refractivity (Wildman–Crippen MR) is 112 cm³/mol. The molecule has 154 valence electrons. The molecule has 1 unspecified atom stereocenters. The molecule has 1 saturated heterocycles. The van der Waals surface area contributed by atoms with Gasteiger partial charge in [0.25, 0.3) is 11.8 Å². The zero-order valence-electron chi connectivity index (χ0n) is 15.6. The predicted octanol–water partition coefficient (Wildman–Crippen LogP) is 3.21. The Morgan fingerprint density at radius 1 is 1.17 bits per heavy atom. The van der Waals surface area contributed by atoms with Crippen LogP contribution in [-0.4, -0.2) is 46.5 Å². The van der Waals surface area contributed by atoms with Crippen molar-refractivity contribution in [3.63, 3.8) is 0 Å². The normalized spacial score (nSPS) is 20.4. The van der Waals surface area contributed by atoms with Gasteiger partial charge in [-0.1, -0.05) is 23.2 Å². The van der Waals surface area contributed by atoms with Gasteiger partial charge in [0.1, 0.15) is 0 Å². The number of halogens is 2. The smallest absolute Gasteiger partial charge is 0.267 e. The van der Waals surface area contributed by atoms with Crippen LogP contribution in [0, 0.1) is 6.92 Å². The number of carbonyl (C=O) groups excluding carboxylic acids is 2. The van der Waals surface area contributed by atoms with E-state index in [1.165, 1.54) is 18.3 Å². The number of anilines is 1. The Morgan fingerprint density at radius 3 is 2.60 bits per heavy atom. The fraction of sp³-hybridized carbons (Fsp3) is 0.263. The topological polar surface area (TPSA) is 102 Å². The second kappa shape index (κ2) is 6.50. The third-order valence-corrected chi connectivity index (χ3v) is 7.74. The highest BCUT2D eigenvalue weighted by Gasteiger charge is 2.41. The molecular formula is C19H14Cl2N4O4S. The maximum absolute atomic E-state index is 13.3. The number of sulfone groups is 1. The second-order valence-corrected chi connectivity index (χ2v) is 10.4. The molecule has 2 aromatic heterocycles. The number of imide groups is 1. The van der Waals surface area contributed by atoms with Crippen LogP contribution in [-0.2, 0) is 9.84 Å². The molecule has 3 aromatic rings. The van der Waals surface area contributed by atoms with E-state index in [0.717, 1.165) is 4.90 Å². The number of carbonyl (C=O) groups is 2. The van der Waals surface area contributed by atoms with E-state index in [1.54, 1.807) is 17.7 Å². The van der Waals surface area contributed by atoms with Crippen molar-refractivity contribution in [2.75, 3.05) is 16.4 Å². The molecule has 0 saturated carbocycles. The van der Waals surface area contributed by atoms with Crippen molar-refractivity contribution < 1.29 is 18.0 Å². The summed E-state index contributed by atoms with van der Waals surface area (Å²) in [7, 11) is -3.13. The Labute approximate surface area is 181 Å². The summed E-state index contributed by atoms with van der Waals surface area (Å²) in [5, 5.41) is 5.47. The lowest BCUT2D eigenvalue weighted by Crippen LogP contribution is -2.29. The lowest BCUT2D eigenvalue weighted by molar-refractivity contribution is 0.0926. The average Bonchev–Trinajstić information content (AvgIpc) is 3.29. The fourth-order valence-electron chi connectivity index (χ4n) is 4.09. The molecule has 0 radical (unpaired) electrons. The molecule has 5 rings (SSSR count). The molecule has 0 N–H and O–H groups in total. The minimum absolute atomic E-state index is 0.0264. The summed E-state index contributed by atoms with van der Waals surface area (Å²) in [6.07, 6.45) is 1.76. The third kappa shape index (κ3) is 2.76. The molecule has 30 heavy (non-hydrogen) atoms. The Kier molecular flexibility index (Phi) is 4.22. The van der Waals surface area contributed by atoms with E-state index in [2.05, 4.69) is 10.1 Å². The summed E-state index contributed by atoms with van der Waals surface area (Å²) in [6.45, 7) is 1.71. The van der Waals surface area contributed by atoms with Crippen molar-refractivity contribution in [3.8, 4) is 0 Å². The van der Waals surface area contributed by atoms with Crippen LogP contribution in [0.1, 0.15) is 38.9 Å². The van der Waals surface area contributed by atoms with Gasteiger partial charge in [-0.25, -0.2) is 23.0 Å². The molecule has 0 bridgehead atoms. The molecule has 2 aliphatic rings. The summed E-state index contributed by atoms with van der Waals surface area (Å²) in [5.41, 5.74) is 1.47. The quantitative estimate of drug-likeness (QED) is 0.539. The largest absolute Gasteiger partial charge is 0.268 e. The van der Waals surface area contributed by atoms with Gasteiger partial charge < -0.3 is 0 Å². The Balaban J connectivity index is 1.67. The first-order valence-corrected chi connectivity index (χ1v) is 11.7. The highest BCUT2D eigenvalue weighted by molar-refractivity contribution is 7.91. The number of benzene rings is 1. The van der Waals surface area contributed by atoms with Gasteiger partial charge in [0.2, 0.25) is 0 Å². The summed E-state index contributed by atoms with van der Waals surface area (Å²) < 4.78 is 25.4. The zero-order chi connectivity index (χ0) is 21.4. The van der Waals surface area contributed by atoms with E-state index in [1.807, 2.05) is 0 Å². The van der Waals surface area contributed by atoms with Gasteiger partial charge in [0.15, 0.2) is 15.5 Å². The van der Waals surface area contributed by atoms with Gasteiger partial charge >= 0.3 is 0 Å². The monoisotopic (exact) mass is 464 g/mol. The molecule has 0 aliphatic carbocycles. The van der Waals surface area contributed by atoms with Crippen LogP contribution in [0.2, 0.25) is 10.0 Å². The van der Waals surface area contributed by atoms with Crippen LogP contribution in [0.3, 0.4) is 0 Å². The Hall–Kier alpha value is -2.49. The minimum Gasteiger partial charge on any atom is -0.268 e. The highest BCUT2D eigenvalue weighted by atomic mass is 35.5. The molecular weight excluding hydrogens is 451 g/mol. The maximum atomic E-state index is 13.3. The second-order valence-electron chi connectivity index (χ2n) is 7.37. The number of hydrogen-bond donors (Lipinski definition) is 0. The van der Waals surface area contributed by atoms with Gasteiger partial charge in [0, 0.05) is 11.2 Å². The number of fused-ring (bicyclic) bond motifs is 3. The Bertz CT molecular complexity index is 1380. The van der Waals surface area contributed by atoms with Gasteiger partial charge in [-0.05, 0) is 31.5 Å². The lowest BCUT2D eigenvalue weighted by atomic mass is 10.1. The molecule has 1 aromatic carbocycles. The number of pyridine rings is 1. The van der Waals surface area contributed by atoms with E-state index in [4.69, 9.17) is 23.2 Å². The standard InChI is InChI=1S/C19H14Cl2N4O4S/c1-9-15-16-12(7-22-17(15)25(23-9)11-4-5-30(28,29)8-11)18(26)24(19(16)27)14-3-2-10(20)6-13(14)21/h2-3,6-7,11H,4-5,8H2,1H3. The van der Waals surface area contributed by atoms with Gasteiger partial charge in [0.05, 0.1) is 50.5 Å². The number of aromatic nitrogens is 3. The molecule has 1 atom stereocenters. The van der Waals surface area contributed by atoms with Crippen LogP contribution < -0.4 is 4.90 Å². The Morgan fingerprint density at radius 2 is 1.93 bits per heavy atom. The van der Waals surface area contributed by atoms with Crippen LogP contribution in [0.25, 0.3) is 11.0 Å². The molecule has 8 nitrogen and oxygen atoms in total. The molecule has 2 aliphatic heterocycles. The van der Waals surface area contributed by atoms with Gasteiger partial charge in [-0.2, -0.15) is 5.10 Å². The first-order valence-electron chi connectivity index (χ1n) is 9.10. The number of rotatable bonds is 2. The molecule has 4 heterocycles. The van der Waals surface area contributed by atoms with E-state index in [0.29, 0.717) is 28.2 Å². The fourth-order valence-corrected chi connectivity index (χ4v) is 6.27. The molecule has 2 amide bonds. The van der Waals surface area contributed by atoms with Crippen molar-refractivity contribution in [3.05, 3.63) is 51.3 Å². The van der Waals surface area contributed by atoms with Crippen molar-refractivity contribution in [1.29, 1.82) is 0 Å². The van der Waals surface area contributed by atoms with Crippen molar-refractivity contribution >= 4 is 61.6 Å². The van der Waals surface area contributed by atoms with E-state index in [-0.39, 0.29) is 39.4 Å². The molecule has 11 heteroatoms. The van der Waals surface area contributed by atoms with Gasteiger partial charge in [-0.15, -0.1) is 0 Å². The van der Waals surface area contributed by atoms with Crippen LogP contribution >= 0.6 is 23.2 Å². The van der Waals surface area contributed by atoms with Crippen LogP contribution in [0.5, 0.6) is 0 Å². The van der Waals surface area contributed by atoms with Crippen molar-refractivity contribution in [2.24, 2.45) is 0 Å². The van der Waals surface area contributed by atoms with E-state index in [9.17, 15) is 18.0 Å². The first-order chi connectivity index (χ1) is 14.2.